The van der Waals surface area contributed by atoms with Gasteiger partial charge in [-0.25, -0.2) is 4.79 Å². The summed E-state index contributed by atoms with van der Waals surface area (Å²) in [5.74, 6) is -0.282. The molecule has 3 rings (SSSR count). The quantitative estimate of drug-likeness (QED) is 0.536. The molecule has 9 nitrogen and oxygen atoms in total. The maximum Gasteiger partial charge on any atom is 0.328 e. The van der Waals surface area contributed by atoms with Gasteiger partial charge in [0.2, 0.25) is 5.82 Å². The summed E-state index contributed by atoms with van der Waals surface area (Å²) in [5, 5.41) is 24.7. The molecule has 0 aliphatic carbocycles. The first-order chi connectivity index (χ1) is 13.1. The minimum atomic E-state index is -1.02. The standard InChI is InChI=1S/C18H15N5O4.CH4/c24-17(25)10-3-12-1-6-14(7-2-12)19-18(26)13-4-8-15(9-5-13)27-11-16-20-22-23-21-16;/h1-10H,11H2,(H,19,26)(H,24,25)(H,20,21,22,23);1H4/b10-3+;. The summed E-state index contributed by atoms with van der Waals surface area (Å²) in [4.78, 5) is 22.8. The van der Waals surface area contributed by atoms with E-state index in [4.69, 9.17) is 9.84 Å². The van der Waals surface area contributed by atoms with Gasteiger partial charge >= 0.3 is 5.97 Å². The number of hydrogen-bond donors (Lipinski definition) is 3. The van der Waals surface area contributed by atoms with Crippen molar-refractivity contribution < 1.29 is 19.4 Å². The molecule has 0 saturated carbocycles. The van der Waals surface area contributed by atoms with E-state index in [9.17, 15) is 9.59 Å². The van der Waals surface area contributed by atoms with E-state index in [1.165, 1.54) is 6.08 Å². The number of aromatic nitrogens is 4. The molecule has 0 spiro atoms. The van der Waals surface area contributed by atoms with Crippen molar-refractivity contribution in [2.45, 2.75) is 14.0 Å². The molecule has 3 N–H and O–H groups in total. The normalized spacial score (nSPS) is 10.3. The second-order valence-corrected chi connectivity index (χ2v) is 5.39. The third kappa shape index (κ3) is 5.77. The third-order valence-corrected chi connectivity index (χ3v) is 3.46. The Balaban J connectivity index is 0.00000280. The summed E-state index contributed by atoms with van der Waals surface area (Å²) >= 11 is 0. The van der Waals surface area contributed by atoms with Gasteiger partial charge in [-0.1, -0.05) is 24.8 Å². The van der Waals surface area contributed by atoms with E-state index in [2.05, 4.69) is 25.9 Å². The van der Waals surface area contributed by atoms with Crippen molar-refractivity contribution in [2.24, 2.45) is 0 Å². The zero-order valence-corrected chi connectivity index (χ0v) is 14.0. The maximum absolute atomic E-state index is 12.3. The fourth-order valence-electron chi connectivity index (χ4n) is 2.14. The van der Waals surface area contributed by atoms with E-state index in [1.54, 1.807) is 48.5 Å². The van der Waals surface area contributed by atoms with Crippen LogP contribution in [0.25, 0.3) is 6.08 Å². The number of carboxylic acids is 1. The van der Waals surface area contributed by atoms with Crippen molar-refractivity contribution in [1.29, 1.82) is 0 Å². The lowest BCUT2D eigenvalue weighted by Crippen LogP contribution is -2.11. The average Bonchev–Trinajstić information content (AvgIpc) is 3.20. The number of carboxylic acid groups (broad SMARTS) is 1. The molecule has 1 amide bonds. The van der Waals surface area contributed by atoms with Gasteiger partial charge in [0.15, 0.2) is 6.61 Å². The lowest BCUT2D eigenvalue weighted by molar-refractivity contribution is -0.131. The first kappa shape index (κ1) is 20.3. The number of aromatic amines is 1. The lowest BCUT2D eigenvalue weighted by Gasteiger charge is -2.07. The number of aliphatic carboxylic acids is 1. The molecule has 0 fully saturated rings. The molecule has 0 unspecified atom stereocenters. The number of H-pyrrole nitrogens is 1. The van der Waals surface area contributed by atoms with Crippen LogP contribution in [-0.4, -0.2) is 37.6 Å². The van der Waals surface area contributed by atoms with E-state index < -0.39 is 5.97 Å². The van der Waals surface area contributed by atoms with Crippen molar-refractivity contribution in [3.05, 3.63) is 71.6 Å². The Morgan fingerprint density at radius 3 is 2.43 bits per heavy atom. The number of hydrogen-bond acceptors (Lipinski definition) is 6. The van der Waals surface area contributed by atoms with Crippen LogP contribution in [0.5, 0.6) is 5.75 Å². The highest BCUT2D eigenvalue weighted by Gasteiger charge is 2.07. The van der Waals surface area contributed by atoms with E-state index in [-0.39, 0.29) is 19.9 Å². The Kier molecular flexibility index (Phi) is 6.98. The number of nitrogens with one attached hydrogen (secondary N) is 2. The van der Waals surface area contributed by atoms with Gasteiger partial charge in [-0.2, -0.15) is 5.21 Å². The van der Waals surface area contributed by atoms with Crippen LogP contribution >= 0.6 is 0 Å². The molecule has 0 radical (unpaired) electrons. The van der Waals surface area contributed by atoms with E-state index >= 15 is 0 Å². The number of benzene rings is 2. The lowest BCUT2D eigenvalue weighted by atomic mass is 10.1. The number of carbonyl (C=O) groups excluding carboxylic acids is 1. The van der Waals surface area contributed by atoms with Crippen LogP contribution in [0.2, 0.25) is 0 Å². The Hall–Kier alpha value is -4.01. The second kappa shape index (κ2) is 9.62. The van der Waals surface area contributed by atoms with Crippen LogP contribution in [0.3, 0.4) is 0 Å². The minimum absolute atomic E-state index is 0. The fraction of sp³-hybridized carbons (Fsp3) is 0.105. The summed E-state index contributed by atoms with van der Waals surface area (Å²) < 4.78 is 5.49. The van der Waals surface area contributed by atoms with Crippen molar-refractivity contribution in [3.8, 4) is 5.75 Å². The SMILES string of the molecule is C.O=C(O)/C=C/c1ccc(NC(=O)c2ccc(OCc3nn[nH]n3)cc2)cc1. The summed E-state index contributed by atoms with van der Waals surface area (Å²) in [6, 6.07) is 13.5. The molecule has 1 aromatic heterocycles. The molecular weight excluding hydrogens is 362 g/mol. The molecule has 0 aliphatic rings. The van der Waals surface area contributed by atoms with Crippen molar-refractivity contribution in [3.63, 3.8) is 0 Å². The molecule has 0 saturated heterocycles. The number of rotatable bonds is 7. The summed E-state index contributed by atoms with van der Waals surface area (Å²) in [5.41, 5.74) is 1.79. The highest BCUT2D eigenvalue weighted by atomic mass is 16.5. The van der Waals surface area contributed by atoms with Crippen LogP contribution in [0.15, 0.2) is 54.6 Å². The predicted molar refractivity (Wildman–Crippen MR) is 103 cm³/mol. The van der Waals surface area contributed by atoms with Gasteiger partial charge in [0.1, 0.15) is 5.75 Å². The van der Waals surface area contributed by atoms with Gasteiger partial charge in [-0.15, -0.1) is 10.2 Å². The molecule has 0 aliphatic heterocycles. The van der Waals surface area contributed by atoms with Gasteiger partial charge in [0, 0.05) is 17.3 Å². The third-order valence-electron chi connectivity index (χ3n) is 3.46. The number of tetrazole rings is 1. The van der Waals surface area contributed by atoms with Crippen LogP contribution in [0.1, 0.15) is 29.2 Å². The minimum Gasteiger partial charge on any atom is -0.485 e. The fourth-order valence-corrected chi connectivity index (χ4v) is 2.14. The monoisotopic (exact) mass is 381 g/mol. The van der Waals surface area contributed by atoms with Crippen molar-refractivity contribution in [2.75, 3.05) is 5.32 Å². The van der Waals surface area contributed by atoms with Gasteiger partial charge in [0.05, 0.1) is 0 Å². The number of nitrogens with zero attached hydrogens (tertiary/aromatic N) is 3. The summed E-state index contributed by atoms with van der Waals surface area (Å²) in [6.07, 6.45) is 2.52. The first-order valence-corrected chi connectivity index (χ1v) is 7.88. The predicted octanol–water partition coefficient (Wildman–Crippen LogP) is 2.76. The van der Waals surface area contributed by atoms with Gasteiger partial charge in [-0.3, -0.25) is 4.79 Å². The molecular formula is C19H19N5O4. The smallest absolute Gasteiger partial charge is 0.328 e. The van der Waals surface area contributed by atoms with Crippen molar-refractivity contribution >= 4 is 23.6 Å². The van der Waals surface area contributed by atoms with E-state index in [0.717, 1.165) is 11.6 Å². The molecule has 0 bridgehead atoms. The first-order valence-electron chi connectivity index (χ1n) is 7.88. The number of anilines is 1. The van der Waals surface area contributed by atoms with Gasteiger partial charge in [0.25, 0.3) is 5.91 Å². The van der Waals surface area contributed by atoms with Crippen LogP contribution < -0.4 is 10.1 Å². The van der Waals surface area contributed by atoms with E-state index in [0.29, 0.717) is 22.8 Å². The molecule has 3 aromatic rings. The molecule has 144 valence electrons. The van der Waals surface area contributed by atoms with Crippen LogP contribution in [0.4, 0.5) is 5.69 Å². The van der Waals surface area contributed by atoms with Crippen LogP contribution in [0, 0.1) is 0 Å². The molecule has 2 aromatic carbocycles. The molecule has 28 heavy (non-hydrogen) atoms. The maximum atomic E-state index is 12.3. The Labute approximate surface area is 161 Å². The van der Waals surface area contributed by atoms with Gasteiger partial charge < -0.3 is 15.2 Å². The Morgan fingerprint density at radius 1 is 1.11 bits per heavy atom. The Morgan fingerprint density at radius 2 is 1.82 bits per heavy atom. The average molecular weight is 381 g/mol. The topological polar surface area (TPSA) is 130 Å². The summed E-state index contributed by atoms with van der Waals surface area (Å²) in [7, 11) is 0. The van der Waals surface area contributed by atoms with E-state index in [1.807, 2.05) is 0 Å². The molecule has 1 heterocycles. The van der Waals surface area contributed by atoms with Gasteiger partial charge in [-0.05, 0) is 48.0 Å². The number of amides is 1. The molecule has 0 atom stereocenters. The second-order valence-electron chi connectivity index (χ2n) is 5.39. The largest absolute Gasteiger partial charge is 0.485 e. The zero-order chi connectivity index (χ0) is 19.1. The Bertz CT molecular complexity index is 935. The zero-order valence-electron chi connectivity index (χ0n) is 14.0. The summed E-state index contributed by atoms with van der Waals surface area (Å²) in [6.45, 7) is 0.171. The van der Waals surface area contributed by atoms with Crippen molar-refractivity contribution in [1.82, 2.24) is 20.6 Å². The number of carbonyl (C=O) groups is 2. The molecule has 9 heteroatoms. The highest BCUT2D eigenvalue weighted by Crippen LogP contribution is 2.16. The van der Waals surface area contributed by atoms with Crippen LogP contribution in [-0.2, 0) is 11.4 Å². The number of ether oxygens (including phenoxy) is 1. The highest BCUT2D eigenvalue weighted by molar-refractivity contribution is 6.04.